The second kappa shape index (κ2) is 14.9. The van der Waals surface area contributed by atoms with Crippen molar-refractivity contribution in [2.45, 2.75) is 91.9 Å². The molecular formula is C38H50N4O3. The van der Waals surface area contributed by atoms with E-state index in [1.54, 1.807) is 0 Å². The Labute approximate surface area is 269 Å². The van der Waals surface area contributed by atoms with Crippen LogP contribution in [0.15, 0.2) is 73.1 Å². The van der Waals surface area contributed by atoms with Gasteiger partial charge in [0, 0.05) is 41.2 Å². The largest absolute Gasteiger partial charge is 0.481 e. The van der Waals surface area contributed by atoms with Gasteiger partial charge >= 0.3 is 5.97 Å². The number of hydrogen-bond donors (Lipinski definition) is 2. The molecule has 2 aliphatic carbocycles. The highest BCUT2D eigenvalue weighted by molar-refractivity contribution is 5.77. The van der Waals surface area contributed by atoms with E-state index in [1.165, 1.54) is 11.1 Å². The van der Waals surface area contributed by atoms with Gasteiger partial charge < -0.3 is 10.2 Å². The summed E-state index contributed by atoms with van der Waals surface area (Å²) in [6, 6.07) is 20.6. The molecule has 0 amide bonds. The molecule has 4 atom stereocenters. The zero-order valence-corrected chi connectivity index (χ0v) is 25.6. The number of rotatable bonds is 10. The van der Waals surface area contributed by atoms with Crippen LogP contribution in [-0.4, -0.2) is 42.7 Å². The molecule has 7 heteroatoms. The number of carboxylic acids is 1. The molecule has 2 aliphatic rings. The first kappa shape index (κ1) is 35.5. The quantitative estimate of drug-likeness (QED) is 0.194. The van der Waals surface area contributed by atoms with E-state index >= 15 is 0 Å². The number of aryl methyl sites for hydroxylation is 6. The molecule has 2 saturated carbocycles. The van der Waals surface area contributed by atoms with E-state index in [9.17, 15) is 15.0 Å². The van der Waals surface area contributed by atoms with Crippen LogP contribution in [0.25, 0.3) is 0 Å². The molecule has 0 unspecified atom stereocenters. The fourth-order valence-corrected chi connectivity index (χ4v) is 6.76. The van der Waals surface area contributed by atoms with E-state index in [-0.39, 0.29) is 38.2 Å². The Kier molecular flexibility index (Phi) is 11.7. The van der Waals surface area contributed by atoms with Gasteiger partial charge in [0.05, 0.1) is 5.92 Å². The van der Waals surface area contributed by atoms with E-state index in [0.29, 0.717) is 5.92 Å². The van der Waals surface area contributed by atoms with Crippen LogP contribution >= 0.6 is 0 Å². The normalized spacial score (nSPS) is 22.6. The predicted molar refractivity (Wildman–Crippen MR) is 180 cm³/mol. The zero-order chi connectivity index (χ0) is 30.6. The van der Waals surface area contributed by atoms with Crippen molar-refractivity contribution < 1.29 is 15.0 Å². The molecule has 2 fully saturated rings. The van der Waals surface area contributed by atoms with Crippen molar-refractivity contribution in [3.63, 3.8) is 0 Å². The van der Waals surface area contributed by atoms with E-state index in [2.05, 4.69) is 51.1 Å². The molecular weight excluding hydrogens is 560 g/mol. The van der Waals surface area contributed by atoms with Gasteiger partial charge in [0.1, 0.15) is 11.6 Å². The molecule has 0 aliphatic heterocycles. The molecule has 6 rings (SSSR count). The molecule has 0 bridgehead atoms. The van der Waals surface area contributed by atoms with Gasteiger partial charge in [-0.25, -0.2) is 19.9 Å². The van der Waals surface area contributed by atoms with Gasteiger partial charge in [-0.1, -0.05) is 75.5 Å². The molecule has 0 saturated heterocycles. The molecule has 240 valence electrons. The fourth-order valence-electron chi connectivity index (χ4n) is 6.76. The van der Waals surface area contributed by atoms with Crippen LogP contribution in [0.1, 0.15) is 85.8 Å². The maximum absolute atomic E-state index is 11.4. The first-order chi connectivity index (χ1) is 20.7. The highest BCUT2D eigenvalue weighted by atomic mass is 16.4. The van der Waals surface area contributed by atoms with Crippen molar-refractivity contribution in [3.8, 4) is 0 Å². The second-order valence-electron chi connectivity index (χ2n) is 12.3. The molecule has 0 spiro atoms. The lowest BCUT2D eigenvalue weighted by Crippen LogP contribution is -2.16. The summed E-state index contributed by atoms with van der Waals surface area (Å²) in [6.45, 7) is 8.11. The van der Waals surface area contributed by atoms with Gasteiger partial charge in [-0.2, -0.15) is 0 Å². The van der Waals surface area contributed by atoms with Crippen LogP contribution < -0.4 is 0 Å². The number of aliphatic carboxylic acids is 1. The fraction of sp³-hybridized carbons (Fsp3) is 0.447. The molecule has 7 nitrogen and oxygen atoms in total. The number of carboxylic acid groups (broad SMARTS) is 1. The Morgan fingerprint density at radius 1 is 0.733 bits per heavy atom. The number of aliphatic hydroxyl groups is 1. The minimum atomic E-state index is -0.694. The number of carbonyl (C=O) groups is 1. The highest BCUT2D eigenvalue weighted by Gasteiger charge is 2.59. The molecule has 2 aromatic carbocycles. The average Bonchev–Trinajstić information content (AvgIpc) is 3.92. The Balaban J connectivity index is 0.000000235. The minimum absolute atomic E-state index is 0. The third-order valence-corrected chi connectivity index (χ3v) is 9.61. The summed E-state index contributed by atoms with van der Waals surface area (Å²) in [5, 5.41) is 19.0. The number of nitrogens with zero attached hydrogens (tertiary/aromatic N) is 4. The van der Waals surface area contributed by atoms with Crippen LogP contribution in [-0.2, 0) is 28.5 Å². The number of benzene rings is 2. The molecule has 45 heavy (non-hydrogen) atoms. The van der Waals surface area contributed by atoms with E-state index in [0.717, 1.165) is 72.7 Å². The van der Waals surface area contributed by atoms with Gasteiger partial charge in [0.15, 0.2) is 0 Å². The van der Waals surface area contributed by atoms with Gasteiger partial charge in [0.25, 0.3) is 0 Å². The summed E-state index contributed by atoms with van der Waals surface area (Å²) in [5.74, 6) is 1.02. The molecule has 2 heterocycles. The Morgan fingerprint density at radius 3 is 1.56 bits per heavy atom. The summed E-state index contributed by atoms with van der Waals surface area (Å²) >= 11 is 0. The third-order valence-electron chi connectivity index (χ3n) is 9.61. The zero-order valence-electron chi connectivity index (χ0n) is 25.6. The van der Waals surface area contributed by atoms with Crippen LogP contribution in [0, 0.1) is 39.5 Å². The lowest BCUT2D eigenvalue weighted by Gasteiger charge is -2.18. The first-order valence-corrected chi connectivity index (χ1v) is 15.2. The minimum Gasteiger partial charge on any atom is -0.481 e. The smallest absolute Gasteiger partial charge is 0.307 e. The van der Waals surface area contributed by atoms with Gasteiger partial charge in [-0.3, -0.25) is 4.79 Å². The van der Waals surface area contributed by atoms with Crippen molar-refractivity contribution in [2.24, 2.45) is 11.8 Å². The summed E-state index contributed by atoms with van der Waals surface area (Å²) < 4.78 is 0. The maximum atomic E-state index is 11.4. The van der Waals surface area contributed by atoms with Crippen molar-refractivity contribution in [2.75, 3.05) is 6.61 Å². The number of aliphatic hydroxyl groups excluding tert-OH is 1. The van der Waals surface area contributed by atoms with Crippen molar-refractivity contribution in [1.29, 1.82) is 0 Å². The van der Waals surface area contributed by atoms with Crippen molar-refractivity contribution in [1.82, 2.24) is 19.9 Å². The Morgan fingerprint density at radius 2 is 1.18 bits per heavy atom. The average molecular weight is 611 g/mol. The SMILES string of the molecule is C.C.Cc1ncc(CC[C@@]2(c3ccccc3)C[C@H]2C(=O)O)c(C)n1.Cc1ncc(CC[C@@]2(c3ccccc3)C[C@H]2CO)c(C)n1. The first-order valence-electron chi connectivity index (χ1n) is 15.2. The number of aromatic nitrogens is 4. The van der Waals surface area contributed by atoms with E-state index < -0.39 is 5.97 Å². The van der Waals surface area contributed by atoms with Crippen molar-refractivity contribution in [3.05, 3.63) is 118 Å². The third kappa shape index (κ3) is 7.82. The molecule has 2 N–H and O–H groups in total. The Hall–Kier alpha value is -3.97. The predicted octanol–water partition coefficient (Wildman–Crippen LogP) is 7.32. The van der Waals surface area contributed by atoms with Crippen LogP contribution in [0.4, 0.5) is 0 Å². The van der Waals surface area contributed by atoms with Crippen LogP contribution in [0.5, 0.6) is 0 Å². The highest BCUT2D eigenvalue weighted by Crippen LogP contribution is 2.58. The monoisotopic (exact) mass is 610 g/mol. The standard InChI is InChI=1S/C18H20N2O2.C18H22N2O.2CH4/c1-12-14(11-19-13(2)20-12)8-9-18(10-16(18)17(21)22)15-6-4-3-5-7-15;1-13-15(11-19-14(2)20-13)8-9-18(10-17(18)12-21)16-6-4-3-5-7-16;;/h3-7,11,16H,8-10H2,1-2H3,(H,21,22);3-7,11,17,21H,8-10,12H2,1-2H3;2*1H4/t16-,18-;17-,18-;;/m00../s1. The van der Waals surface area contributed by atoms with Gasteiger partial charge in [0.2, 0.25) is 0 Å². The maximum Gasteiger partial charge on any atom is 0.307 e. The van der Waals surface area contributed by atoms with E-state index in [4.69, 9.17) is 0 Å². The van der Waals surface area contributed by atoms with Gasteiger partial charge in [-0.15, -0.1) is 0 Å². The number of hydrogen-bond acceptors (Lipinski definition) is 6. The summed E-state index contributed by atoms with van der Waals surface area (Å²) in [5.41, 5.74) is 6.80. The van der Waals surface area contributed by atoms with Gasteiger partial charge in [-0.05, 0) is 94.4 Å². The molecule has 4 aromatic rings. The topological polar surface area (TPSA) is 109 Å². The van der Waals surface area contributed by atoms with Crippen LogP contribution in [0.3, 0.4) is 0 Å². The summed E-state index contributed by atoms with van der Waals surface area (Å²) in [4.78, 5) is 28.9. The van der Waals surface area contributed by atoms with Crippen LogP contribution in [0.2, 0.25) is 0 Å². The molecule has 0 radical (unpaired) electrons. The summed E-state index contributed by atoms with van der Waals surface area (Å²) in [6.07, 6.45) is 9.28. The molecule has 2 aromatic heterocycles. The lowest BCUT2D eigenvalue weighted by molar-refractivity contribution is -0.139. The van der Waals surface area contributed by atoms with E-state index in [1.807, 2.05) is 69.6 Å². The van der Waals surface area contributed by atoms with Crippen molar-refractivity contribution >= 4 is 5.97 Å². The Bertz CT molecular complexity index is 1560. The lowest BCUT2D eigenvalue weighted by atomic mass is 9.87. The summed E-state index contributed by atoms with van der Waals surface area (Å²) in [7, 11) is 0. The second-order valence-corrected chi connectivity index (χ2v) is 12.3.